The summed E-state index contributed by atoms with van der Waals surface area (Å²) in [5.74, 6) is 2.07. The summed E-state index contributed by atoms with van der Waals surface area (Å²) in [5.41, 5.74) is 0.966. The first-order chi connectivity index (χ1) is 12.2. The second kappa shape index (κ2) is 6.51. The Morgan fingerprint density at radius 1 is 1.04 bits per heavy atom. The molecule has 1 aromatic carbocycles. The van der Waals surface area contributed by atoms with Gasteiger partial charge in [0.05, 0.1) is 19.1 Å². The quantitative estimate of drug-likeness (QED) is 0.740. The molecule has 2 aromatic heterocycles. The fourth-order valence-electron chi connectivity index (χ4n) is 3.14. The summed E-state index contributed by atoms with van der Waals surface area (Å²) in [6, 6.07) is 14.4. The minimum Gasteiger partial charge on any atom is -0.508 e. The molecule has 2 atom stereocenters. The zero-order chi connectivity index (χ0) is 17.2. The van der Waals surface area contributed by atoms with E-state index >= 15 is 0 Å². The van der Waals surface area contributed by atoms with Gasteiger partial charge >= 0.3 is 0 Å². The van der Waals surface area contributed by atoms with Gasteiger partial charge in [0, 0.05) is 18.4 Å². The summed E-state index contributed by atoms with van der Waals surface area (Å²) < 4.78 is 10.9. The van der Waals surface area contributed by atoms with E-state index in [0.717, 1.165) is 23.5 Å². The molecule has 0 aliphatic heterocycles. The third-order valence-electron chi connectivity index (χ3n) is 4.56. The molecule has 128 valence electrons. The van der Waals surface area contributed by atoms with E-state index in [1.165, 1.54) is 0 Å². The summed E-state index contributed by atoms with van der Waals surface area (Å²) in [6.07, 6.45) is 4.07. The van der Waals surface area contributed by atoms with Crippen molar-refractivity contribution in [1.82, 2.24) is 4.90 Å². The number of amides is 1. The summed E-state index contributed by atoms with van der Waals surface area (Å²) in [4.78, 5) is 14.8. The number of carbonyl (C=O) groups excluding carboxylic acids is 1. The van der Waals surface area contributed by atoms with Crippen LogP contribution in [0.4, 0.5) is 0 Å². The molecule has 0 unspecified atom stereocenters. The van der Waals surface area contributed by atoms with E-state index in [9.17, 15) is 9.90 Å². The van der Waals surface area contributed by atoms with Crippen LogP contribution in [-0.4, -0.2) is 15.9 Å². The minimum absolute atomic E-state index is 0.0433. The number of phenolic OH excluding ortho intramolecular Hbond substituents is 1. The van der Waals surface area contributed by atoms with Crippen LogP contribution in [0.2, 0.25) is 0 Å². The number of furan rings is 2. The smallest absolute Gasteiger partial charge is 0.227 e. The predicted octanol–water partition coefficient (Wildman–Crippen LogP) is 3.91. The SMILES string of the molecule is O=C([C@@H]1C[C@@H]1c1ccco1)N(Cc1ccc(O)cc1)Cc1ccco1. The number of aromatic hydroxyl groups is 1. The topological polar surface area (TPSA) is 66.8 Å². The van der Waals surface area contributed by atoms with Crippen molar-refractivity contribution in [3.63, 3.8) is 0 Å². The lowest BCUT2D eigenvalue weighted by Gasteiger charge is -2.22. The molecule has 5 nitrogen and oxygen atoms in total. The highest BCUT2D eigenvalue weighted by Gasteiger charge is 2.47. The number of phenols is 1. The van der Waals surface area contributed by atoms with Crippen molar-refractivity contribution in [1.29, 1.82) is 0 Å². The molecule has 0 spiro atoms. The van der Waals surface area contributed by atoms with Crippen LogP contribution in [0.1, 0.15) is 29.4 Å². The van der Waals surface area contributed by atoms with Crippen LogP contribution in [0, 0.1) is 5.92 Å². The number of hydrogen-bond donors (Lipinski definition) is 1. The van der Waals surface area contributed by atoms with E-state index in [2.05, 4.69) is 0 Å². The van der Waals surface area contributed by atoms with Gasteiger partial charge < -0.3 is 18.8 Å². The van der Waals surface area contributed by atoms with Crippen molar-refractivity contribution in [3.05, 3.63) is 78.1 Å². The van der Waals surface area contributed by atoms with E-state index < -0.39 is 0 Å². The van der Waals surface area contributed by atoms with Crippen LogP contribution < -0.4 is 0 Å². The Morgan fingerprint density at radius 2 is 1.80 bits per heavy atom. The van der Waals surface area contributed by atoms with Gasteiger partial charge in [-0.2, -0.15) is 0 Å². The van der Waals surface area contributed by atoms with E-state index in [0.29, 0.717) is 13.1 Å². The van der Waals surface area contributed by atoms with E-state index in [4.69, 9.17) is 8.83 Å². The average Bonchev–Trinajstić information content (AvgIpc) is 3.02. The molecule has 3 aromatic rings. The zero-order valence-corrected chi connectivity index (χ0v) is 13.7. The maximum Gasteiger partial charge on any atom is 0.227 e. The predicted molar refractivity (Wildman–Crippen MR) is 90.6 cm³/mol. The lowest BCUT2D eigenvalue weighted by atomic mass is 10.1. The van der Waals surface area contributed by atoms with Crippen LogP contribution in [0.3, 0.4) is 0 Å². The van der Waals surface area contributed by atoms with Gasteiger partial charge in [-0.15, -0.1) is 0 Å². The van der Waals surface area contributed by atoms with Crippen molar-refractivity contribution in [2.24, 2.45) is 5.92 Å². The summed E-state index contributed by atoms with van der Waals surface area (Å²) >= 11 is 0. The molecule has 1 amide bonds. The molecular weight excluding hydrogens is 318 g/mol. The Morgan fingerprint density at radius 3 is 2.48 bits per heavy atom. The van der Waals surface area contributed by atoms with Crippen LogP contribution in [-0.2, 0) is 17.9 Å². The molecule has 1 aliphatic carbocycles. The fourth-order valence-corrected chi connectivity index (χ4v) is 3.14. The average molecular weight is 337 g/mol. The standard InChI is InChI=1S/C20H19NO4/c22-15-7-5-14(6-8-15)12-21(13-16-3-1-9-24-16)20(23)18-11-17(18)19-4-2-10-25-19/h1-10,17-18,22H,11-13H2/t17-,18+/m0/s1. The highest BCUT2D eigenvalue weighted by atomic mass is 16.3. The fraction of sp³-hybridized carbons (Fsp3) is 0.250. The number of benzene rings is 1. The number of nitrogens with zero attached hydrogens (tertiary/aromatic N) is 1. The maximum atomic E-state index is 13.0. The monoisotopic (exact) mass is 337 g/mol. The van der Waals surface area contributed by atoms with Crippen molar-refractivity contribution >= 4 is 5.91 Å². The Balaban J connectivity index is 1.50. The third-order valence-corrected chi connectivity index (χ3v) is 4.56. The van der Waals surface area contributed by atoms with Gasteiger partial charge in [-0.25, -0.2) is 0 Å². The normalized spacial score (nSPS) is 18.9. The first kappa shape index (κ1) is 15.6. The van der Waals surface area contributed by atoms with Gasteiger partial charge in [0.15, 0.2) is 0 Å². The van der Waals surface area contributed by atoms with Crippen molar-refractivity contribution < 1.29 is 18.7 Å². The Labute approximate surface area is 145 Å². The molecule has 0 bridgehead atoms. The molecule has 0 saturated heterocycles. The Hall–Kier alpha value is -2.95. The molecule has 25 heavy (non-hydrogen) atoms. The molecule has 1 N–H and O–H groups in total. The minimum atomic E-state index is -0.0433. The highest BCUT2D eigenvalue weighted by Crippen LogP contribution is 2.48. The lowest BCUT2D eigenvalue weighted by molar-refractivity contribution is -0.134. The molecule has 1 fully saturated rings. The molecule has 1 aliphatic rings. The second-order valence-electron chi connectivity index (χ2n) is 6.40. The van der Waals surface area contributed by atoms with Crippen LogP contribution in [0.25, 0.3) is 0 Å². The Bertz CT molecular complexity index is 821. The first-order valence-electron chi connectivity index (χ1n) is 8.33. The van der Waals surface area contributed by atoms with Gasteiger partial charge in [0.1, 0.15) is 17.3 Å². The number of hydrogen-bond acceptors (Lipinski definition) is 4. The van der Waals surface area contributed by atoms with Gasteiger partial charge in [-0.1, -0.05) is 12.1 Å². The van der Waals surface area contributed by atoms with Crippen LogP contribution in [0.15, 0.2) is 69.9 Å². The molecular formula is C20H19NO4. The molecule has 4 rings (SSSR count). The van der Waals surface area contributed by atoms with E-state index in [1.54, 1.807) is 29.6 Å². The molecule has 1 saturated carbocycles. The van der Waals surface area contributed by atoms with Crippen molar-refractivity contribution in [3.8, 4) is 5.75 Å². The largest absolute Gasteiger partial charge is 0.508 e. The summed E-state index contributed by atoms with van der Waals surface area (Å²) in [5, 5.41) is 9.44. The van der Waals surface area contributed by atoms with E-state index in [1.807, 2.05) is 36.4 Å². The highest BCUT2D eigenvalue weighted by molar-refractivity contribution is 5.82. The number of rotatable bonds is 6. The maximum absolute atomic E-state index is 13.0. The first-order valence-corrected chi connectivity index (χ1v) is 8.33. The summed E-state index contributed by atoms with van der Waals surface area (Å²) in [7, 11) is 0. The van der Waals surface area contributed by atoms with Gasteiger partial charge in [0.25, 0.3) is 0 Å². The summed E-state index contributed by atoms with van der Waals surface area (Å²) in [6.45, 7) is 0.898. The number of carbonyl (C=O) groups is 1. The van der Waals surface area contributed by atoms with Crippen LogP contribution >= 0.6 is 0 Å². The van der Waals surface area contributed by atoms with Crippen LogP contribution in [0.5, 0.6) is 5.75 Å². The third kappa shape index (κ3) is 3.45. The zero-order valence-electron chi connectivity index (χ0n) is 13.7. The van der Waals surface area contributed by atoms with Gasteiger partial charge in [0.2, 0.25) is 5.91 Å². The lowest BCUT2D eigenvalue weighted by Crippen LogP contribution is -2.31. The van der Waals surface area contributed by atoms with Gasteiger partial charge in [-0.05, 0) is 48.4 Å². The Kier molecular flexibility index (Phi) is 4.06. The second-order valence-corrected chi connectivity index (χ2v) is 6.40. The molecule has 0 radical (unpaired) electrons. The van der Waals surface area contributed by atoms with Crippen molar-refractivity contribution in [2.45, 2.75) is 25.4 Å². The molecule has 2 heterocycles. The van der Waals surface area contributed by atoms with Gasteiger partial charge in [-0.3, -0.25) is 4.79 Å². The van der Waals surface area contributed by atoms with Crippen molar-refractivity contribution in [2.75, 3.05) is 0 Å². The molecule has 5 heteroatoms. The van der Waals surface area contributed by atoms with E-state index in [-0.39, 0.29) is 23.5 Å².